The first-order chi connectivity index (χ1) is 8.79. The maximum absolute atomic E-state index is 8.22. The molecule has 76 valence electrons. The molecule has 0 radical (unpaired) electrons. The molecule has 0 fully saturated rings. The van der Waals surface area contributed by atoms with Gasteiger partial charge < -0.3 is 0 Å². The third-order valence-corrected chi connectivity index (χ3v) is 3.66. The number of allylic oxidation sites excluding steroid dienone is 1. The molecule has 2 unspecified atom stereocenters. The molecule has 2 aliphatic carbocycles. The first kappa shape index (κ1) is 6.70. The van der Waals surface area contributed by atoms with Crippen LogP contribution in [0.4, 0.5) is 0 Å². The van der Waals surface area contributed by atoms with Crippen molar-refractivity contribution in [1.29, 1.82) is 0 Å². The molecule has 0 amide bonds. The molecule has 2 atom stereocenters. The van der Waals surface area contributed by atoms with E-state index < -0.39 is 0 Å². The Balaban J connectivity index is 2.03. The van der Waals surface area contributed by atoms with E-state index in [1.54, 1.807) is 0 Å². The summed E-state index contributed by atoms with van der Waals surface area (Å²) >= 11 is 0. The average Bonchev–Trinajstić information content (AvgIpc) is 2.39. The second-order valence-electron chi connectivity index (χ2n) is 4.44. The Labute approximate surface area is 98.1 Å². The van der Waals surface area contributed by atoms with Crippen molar-refractivity contribution in [3.63, 3.8) is 0 Å². The lowest BCUT2D eigenvalue weighted by Gasteiger charge is -2.41. The van der Waals surface area contributed by atoms with Gasteiger partial charge in [0.15, 0.2) is 0 Å². The predicted molar refractivity (Wildman–Crippen MR) is 66.5 cm³/mol. The highest BCUT2D eigenvalue weighted by molar-refractivity contribution is 5.68. The van der Waals surface area contributed by atoms with E-state index in [-0.39, 0.29) is 5.92 Å². The zero-order valence-electron chi connectivity index (χ0n) is 10.8. The van der Waals surface area contributed by atoms with Gasteiger partial charge in [0.05, 0.1) is 2.74 Å². The lowest BCUT2D eigenvalue weighted by atomic mass is 9.62. The Kier molecular flexibility index (Phi) is 1.19. The van der Waals surface area contributed by atoms with Crippen molar-refractivity contribution >= 4 is 6.05 Å². The fourth-order valence-corrected chi connectivity index (χ4v) is 2.89. The highest BCUT2D eigenvalue weighted by atomic mass is 14.4. The molecule has 0 heteroatoms. The molecule has 16 heavy (non-hydrogen) atoms. The van der Waals surface area contributed by atoms with Gasteiger partial charge in [-0.1, -0.05) is 60.6 Å². The van der Waals surface area contributed by atoms with Crippen molar-refractivity contribution < 1.29 is 2.74 Å². The smallest absolute Gasteiger partial charge is 0.0626 e. The molecule has 2 aliphatic rings. The number of fused-ring (bicyclic) bond motifs is 6. The van der Waals surface area contributed by atoms with Gasteiger partial charge in [-0.15, -0.1) is 0 Å². The second kappa shape index (κ2) is 2.85. The Morgan fingerprint density at radius 2 is 1.50 bits per heavy atom. The molecule has 0 aliphatic heterocycles. The van der Waals surface area contributed by atoms with E-state index >= 15 is 0 Å². The number of rotatable bonds is 0. The molecular weight excluding hydrogens is 192 g/mol. The highest BCUT2D eigenvalue weighted by Gasteiger charge is 2.38. The van der Waals surface area contributed by atoms with E-state index in [4.69, 9.17) is 2.74 Å². The van der Waals surface area contributed by atoms with Gasteiger partial charge in [-0.2, -0.15) is 0 Å². The maximum Gasteiger partial charge on any atom is 0.0626 e. The van der Waals surface area contributed by atoms with Crippen LogP contribution in [-0.4, -0.2) is 0 Å². The summed E-state index contributed by atoms with van der Waals surface area (Å²) in [4.78, 5) is 0. The molecule has 0 heterocycles. The van der Waals surface area contributed by atoms with Crippen molar-refractivity contribution in [1.82, 2.24) is 0 Å². The Hall–Kier alpha value is -1.82. The zero-order valence-corrected chi connectivity index (χ0v) is 8.77. The fraction of sp³-hybridized carbons (Fsp3) is 0.125. The van der Waals surface area contributed by atoms with Crippen LogP contribution in [0.5, 0.6) is 0 Å². The van der Waals surface area contributed by atoms with Gasteiger partial charge in [0.1, 0.15) is 0 Å². The van der Waals surface area contributed by atoms with E-state index in [1.165, 1.54) is 16.7 Å². The minimum atomic E-state index is 0.101. The zero-order chi connectivity index (χ0) is 12.3. The van der Waals surface area contributed by atoms with Gasteiger partial charge in [0, 0.05) is 11.8 Å². The van der Waals surface area contributed by atoms with Crippen LogP contribution in [0.25, 0.3) is 6.05 Å². The minimum Gasteiger partial charge on any atom is -0.0754 e. The molecule has 2 aromatic carbocycles. The van der Waals surface area contributed by atoms with Gasteiger partial charge >= 0.3 is 0 Å². The summed E-state index contributed by atoms with van der Waals surface area (Å²) < 4.78 is 16.4. The second-order valence-corrected chi connectivity index (χ2v) is 4.44. The number of benzene rings is 2. The Morgan fingerprint density at radius 3 is 2.38 bits per heavy atom. The average molecular weight is 206 g/mol. The summed E-state index contributed by atoms with van der Waals surface area (Å²) in [6, 6.07) is 17.2. The lowest BCUT2D eigenvalue weighted by molar-refractivity contribution is 0.619. The third-order valence-electron chi connectivity index (χ3n) is 3.66. The molecule has 0 nitrogen and oxygen atoms in total. The van der Waals surface area contributed by atoms with Gasteiger partial charge in [0.2, 0.25) is 0 Å². The SMILES string of the molecule is [2H]C1=C([2H])C2c3ccccc3C2c2ccccc21. The van der Waals surface area contributed by atoms with Crippen LogP contribution >= 0.6 is 0 Å². The van der Waals surface area contributed by atoms with Crippen molar-refractivity contribution in [3.05, 3.63) is 76.8 Å². The first-order valence-corrected chi connectivity index (χ1v) is 5.64. The summed E-state index contributed by atoms with van der Waals surface area (Å²) in [6.45, 7) is 0. The molecule has 0 aromatic heterocycles. The van der Waals surface area contributed by atoms with Gasteiger partial charge in [-0.25, -0.2) is 0 Å². The Bertz CT molecular complexity index is 685. The van der Waals surface area contributed by atoms with E-state index in [9.17, 15) is 0 Å². The number of hydrogen-bond donors (Lipinski definition) is 0. The van der Waals surface area contributed by atoms with Gasteiger partial charge in [0.25, 0.3) is 0 Å². The van der Waals surface area contributed by atoms with Gasteiger partial charge in [-0.3, -0.25) is 0 Å². The minimum absolute atomic E-state index is 0.101. The first-order valence-electron chi connectivity index (χ1n) is 6.64. The van der Waals surface area contributed by atoms with Crippen LogP contribution in [-0.2, 0) is 0 Å². The normalized spacial score (nSPS) is 27.0. The molecule has 2 aromatic rings. The highest BCUT2D eigenvalue weighted by Crippen LogP contribution is 2.54. The van der Waals surface area contributed by atoms with Crippen LogP contribution in [0.3, 0.4) is 0 Å². The predicted octanol–water partition coefficient (Wildman–Crippen LogP) is 3.94. The molecular formula is C16H12. The van der Waals surface area contributed by atoms with Gasteiger partial charge in [-0.05, 0) is 22.3 Å². The van der Waals surface area contributed by atoms with Crippen LogP contribution in [0.2, 0.25) is 0 Å². The quantitative estimate of drug-likeness (QED) is 0.612. The van der Waals surface area contributed by atoms with Crippen molar-refractivity contribution in [2.75, 3.05) is 0 Å². The molecule has 0 spiro atoms. The van der Waals surface area contributed by atoms with Crippen molar-refractivity contribution in [2.24, 2.45) is 0 Å². The molecule has 0 saturated carbocycles. The van der Waals surface area contributed by atoms with Crippen LogP contribution in [0, 0.1) is 0 Å². The summed E-state index contributed by atoms with van der Waals surface area (Å²) in [7, 11) is 0. The fourth-order valence-electron chi connectivity index (χ4n) is 2.89. The van der Waals surface area contributed by atoms with Crippen molar-refractivity contribution in [3.8, 4) is 0 Å². The van der Waals surface area contributed by atoms with E-state index in [0.29, 0.717) is 18.0 Å². The van der Waals surface area contributed by atoms with Crippen molar-refractivity contribution in [2.45, 2.75) is 11.8 Å². The maximum atomic E-state index is 8.22. The van der Waals surface area contributed by atoms with Crippen LogP contribution < -0.4 is 0 Å². The lowest BCUT2D eigenvalue weighted by Crippen LogP contribution is -2.26. The van der Waals surface area contributed by atoms with E-state index in [0.717, 1.165) is 5.56 Å². The summed E-state index contributed by atoms with van der Waals surface area (Å²) in [5, 5.41) is 0. The standard InChI is InChI=1S/C16H12/c1-2-6-12-11(5-1)9-10-15-13-7-3-4-8-14(13)16(12)15/h1-10,15-16H/i9D,10D. The summed E-state index contributed by atoms with van der Waals surface area (Å²) in [5.41, 5.74) is 4.69. The Morgan fingerprint density at radius 1 is 0.812 bits per heavy atom. The largest absolute Gasteiger partial charge is 0.0754 e. The number of hydrogen-bond acceptors (Lipinski definition) is 0. The monoisotopic (exact) mass is 206 g/mol. The summed E-state index contributed by atoms with van der Waals surface area (Å²) in [6.07, 6.45) is 0. The molecule has 0 N–H and O–H groups in total. The summed E-state index contributed by atoms with van der Waals surface area (Å²) in [5.74, 6) is 0.391. The molecule has 0 saturated heterocycles. The van der Waals surface area contributed by atoms with Crippen LogP contribution in [0.1, 0.15) is 36.8 Å². The van der Waals surface area contributed by atoms with E-state index in [2.05, 4.69) is 24.3 Å². The topological polar surface area (TPSA) is 0 Å². The van der Waals surface area contributed by atoms with E-state index in [1.807, 2.05) is 24.3 Å². The third kappa shape index (κ3) is 0.898. The molecule has 4 rings (SSSR count). The molecule has 0 bridgehead atoms. The van der Waals surface area contributed by atoms with Crippen LogP contribution in [0.15, 0.2) is 54.6 Å².